The molecule has 20 heavy (non-hydrogen) atoms. The Bertz CT molecular complexity index is 586. The van der Waals surface area contributed by atoms with Gasteiger partial charge in [-0.05, 0) is 37.8 Å². The van der Waals surface area contributed by atoms with E-state index in [1.807, 2.05) is 0 Å². The van der Waals surface area contributed by atoms with Crippen LogP contribution in [0.1, 0.15) is 37.3 Å². The van der Waals surface area contributed by atoms with Crippen molar-refractivity contribution < 1.29 is 4.39 Å². The van der Waals surface area contributed by atoms with E-state index in [1.54, 1.807) is 24.3 Å². The smallest absolute Gasteiger partial charge is 0.172 e. The van der Waals surface area contributed by atoms with Crippen LogP contribution in [-0.4, -0.2) is 16.2 Å². The lowest BCUT2D eigenvalue weighted by Crippen LogP contribution is -2.26. The Balaban J connectivity index is 1.87. The van der Waals surface area contributed by atoms with E-state index in [0.717, 1.165) is 31.2 Å². The van der Waals surface area contributed by atoms with Gasteiger partial charge in [-0.15, -0.1) is 0 Å². The number of nitrogens with zero attached hydrogens (tertiary/aromatic N) is 1. The molecular formula is C15H17ClFN3. The van der Waals surface area contributed by atoms with Crippen LogP contribution in [0.2, 0.25) is 5.02 Å². The second-order valence-corrected chi connectivity index (χ2v) is 5.85. The first kappa shape index (κ1) is 13.6. The van der Waals surface area contributed by atoms with E-state index >= 15 is 0 Å². The summed E-state index contributed by atoms with van der Waals surface area (Å²) < 4.78 is 14.5. The van der Waals surface area contributed by atoms with Crippen molar-refractivity contribution in [2.45, 2.75) is 37.6 Å². The highest BCUT2D eigenvalue weighted by atomic mass is 35.5. The largest absolute Gasteiger partial charge is 0.328 e. The van der Waals surface area contributed by atoms with Crippen molar-refractivity contribution in [1.29, 1.82) is 0 Å². The summed E-state index contributed by atoms with van der Waals surface area (Å²) in [6, 6.07) is 7.30. The predicted octanol–water partition coefficient (Wildman–Crippen LogP) is 3.85. The van der Waals surface area contributed by atoms with E-state index in [1.165, 1.54) is 0 Å². The number of aromatic nitrogens is 2. The number of H-pyrrole nitrogens is 1. The number of hydrogen-bond acceptors (Lipinski definition) is 2. The van der Waals surface area contributed by atoms with E-state index in [9.17, 15) is 4.39 Å². The Morgan fingerprint density at radius 1 is 1.15 bits per heavy atom. The van der Waals surface area contributed by atoms with Crippen molar-refractivity contribution in [3.63, 3.8) is 0 Å². The zero-order valence-corrected chi connectivity index (χ0v) is 11.8. The molecule has 106 valence electrons. The molecule has 0 bridgehead atoms. The Kier molecular flexibility index (Phi) is 3.76. The molecule has 0 amide bonds. The molecule has 3 rings (SSSR count). The summed E-state index contributed by atoms with van der Waals surface area (Å²) in [5, 5.41) is 7.64. The van der Waals surface area contributed by atoms with Crippen molar-refractivity contribution in [1.82, 2.24) is 10.2 Å². The molecule has 0 aliphatic heterocycles. The molecule has 1 aromatic carbocycles. The summed E-state index contributed by atoms with van der Waals surface area (Å²) in [6.07, 6.45) is 3.72. The fourth-order valence-corrected chi connectivity index (χ4v) is 2.95. The molecular weight excluding hydrogens is 277 g/mol. The van der Waals surface area contributed by atoms with Crippen LogP contribution in [-0.2, 0) is 0 Å². The lowest BCUT2D eigenvalue weighted by atomic mass is 9.84. The third-order valence-electron chi connectivity index (χ3n) is 4.03. The van der Waals surface area contributed by atoms with Gasteiger partial charge >= 0.3 is 0 Å². The number of aromatic amines is 1. The van der Waals surface area contributed by atoms with E-state index in [-0.39, 0.29) is 17.8 Å². The number of benzene rings is 1. The van der Waals surface area contributed by atoms with E-state index in [0.29, 0.717) is 16.4 Å². The van der Waals surface area contributed by atoms with Gasteiger partial charge in [0.2, 0.25) is 0 Å². The average Bonchev–Trinajstić information content (AvgIpc) is 2.83. The van der Waals surface area contributed by atoms with Gasteiger partial charge < -0.3 is 5.73 Å². The predicted molar refractivity (Wildman–Crippen MR) is 78.2 cm³/mol. The van der Waals surface area contributed by atoms with Crippen LogP contribution in [0, 0.1) is 5.82 Å². The van der Waals surface area contributed by atoms with Crippen molar-refractivity contribution in [2.75, 3.05) is 0 Å². The van der Waals surface area contributed by atoms with Crippen molar-refractivity contribution in [2.24, 2.45) is 5.73 Å². The van der Waals surface area contributed by atoms with Crippen LogP contribution < -0.4 is 5.73 Å². The molecule has 3 nitrogen and oxygen atoms in total. The molecule has 1 aliphatic carbocycles. The first-order chi connectivity index (χ1) is 9.65. The SMILES string of the molecule is NC1CCC(c2[nH]nc(-c3ccc(Cl)cc3)c2F)CC1. The van der Waals surface area contributed by atoms with E-state index in [4.69, 9.17) is 17.3 Å². The van der Waals surface area contributed by atoms with Gasteiger partial charge in [0.15, 0.2) is 5.82 Å². The standard InChI is InChI=1S/C15H17ClFN3/c16-11-5-1-9(2-6-11)14-13(17)15(20-19-14)10-3-7-12(18)8-4-10/h1-2,5-6,10,12H,3-4,7-8,18H2,(H,19,20). The molecule has 5 heteroatoms. The normalized spacial score (nSPS) is 22.9. The second kappa shape index (κ2) is 5.54. The Morgan fingerprint density at radius 2 is 1.80 bits per heavy atom. The Labute approximate surface area is 122 Å². The lowest BCUT2D eigenvalue weighted by Gasteiger charge is -2.24. The molecule has 2 aromatic rings. The third-order valence-corrected chi connectivity index (χ3v) is 4.28. The van der Waals surface area contributed by atoms with Gasteiger partial charge in [0, 0.05) is 22.5 Å². The monoisotopic (exact) mass is 293 g/mol. The highest BCUT2D eigenvalue weighted by Crippen LogP contribution is 2.35. The first-order valence-corrected chi connectivity index (χ1v) is 7.28. The van der Waals surface area contributed by atoms with E-state index in [2.05, 4.69) is 10.2 Å². The molecule has 0 radical (unpaired) electrons. The highest BCUT2D eigenvalue weighted by Gasteiger charge is 2.26. The Morgan fingerprint density at radius 3 is 2.45 bits per heavy atom. The highest BCUT2D eigenvalue weighted by molar-refractivity contribution is 6.30. The second-order valence-electron chi connectivity index (χ2n) is 5.42. The van der Waals surface area contributed by atoms with Crippen LogP contribution in [0.3, 0.4) is 0 Å². The minimum absolute atomic E-state index is 0.198. The Hall–Kier alpha value is -1.39. The lowest BCUT2D eigenvalue weighted by molar-refractivity contribution is 0.382. The zero-order valence-electron chi connectivity index (χ0n) is 11.1. The van der Waals surface area contributed by atoms with Gasteiger partial charge in [-0.1, -0.05) is 23.7 Å². The number of hydrogen-bond donors (Lipinski definition) is 2. The maximum atomic E-state index is 14.5. The van der Waals surface area contributed by atoms with Crippen LogP contribution in [0.4, 0.5) is 4.39 Å². The molecule has 0 saturated heterocycles. The number of nitrogens with two attached hydrogens (primary N) is 1. The summed E-state index contributed by atoms with van der Waals surface area (Å²) in [4.78, 5) is 0. The maximum absolute atomic E-state index is 14.5. The molecule has 1 aromatic heterocycles. The van der Waals surface area contributed by atoms with Crippen molar-refractivity contribution in [3.8, 4) is 11.3 Å². The van der Waals surface area contributed by atoms with Gasteiger partial charge in [-0.2, -0.15) is 5.10 Å². The van der Waals surface area contributed by atoms with E-state index < -0.39 is 0 Å². The number of rotatable bonds is 2. The molecule has 1 heterocycles. The summed E-state index contributed by atoms with van der Waals surface area (Å²) in [7, 11) is 0. The van der Waals surface area contributed by atoms with Crippen LogP contribution >= 0.6 is 11.6 Å². The van der Waals surface area contributed by atoms with Gasteiger partial charge in [0.05, 0.1) is 5.69 Å². The molecule has 1 aliphatic rings. The minimum Gasteiger partial charge on any atom is -0.328 e. The molecule has 1 saturated carbocycles. The quantitative estimate of drug-likeness (QED) is 0.883. The third kappa shape index (κ3) is 2.58. The summed E-state index contributed by atoms with van der Waals surface area (Å²) >= 11 is 5.85. The molecule has 0 atom stereocenters. The molecule has 3 N–H and O–H groups in total. The summed E-state index contributed by atoms with van der Waals surface area (Å²) in [5.74, 6) is -0.0452. The minimum atomic E-state index is -0.243. The molecule has 0 unspecified atom stereocenters. The van der Waals surface area contributed by atoms with Crippen molar-refractivity contribution in [3.05, 3.63) is 40.8 Å². The van der Waals surface area contributed by atoms with Crippen LogP contribution in [0.15, 0.2) is 24.3 Å². The summed E-state index contributed by atoms with van der Waals surface area (Å²) in [5.41, 5.74) is 7.61. The number of nitrogens with one attached hydrogen (secondary N) is 1. The fourth-order valence-electron chi connectivity index (χ4n) is 2.82. The summed E-state index contributed by atoms with van der Waals surface area (Å²) in [6.45, 7) is 0. The average molecular weight is 294 g/mol. The van der Waals surface area contributed by atoms with Gasteiger partial charge in [-0.3, -0.25) is 5.10 Å². The maximum Gasteiger partial charge on any atom is 0.172 e. The number of halogens is 2. The fraction of sp³-hybridized carbons (Fsp3) is 0.400. The molecule has 0 spiro atoms. The van der Waals surface area contributed by atoms with Crippen molar-refractivity contribution >= 4 is 11.6 Å². The van der Waals surface area contributed by atoms with Gasteiger partial charge in [0.25, 0.3) is 0 Å². The first-order valence-electron chi connectivity index (χ1n) is 6.90. The zero-order chi connectivity index (χ0) is 14.1. The van der Waals surface area contributed by atoms with Gasteiger partial charge in [0.1, 0.15) is 5.69 Å². The molecule has 1 fully saturated rings. The van der Waals surface area contributed by atoms with Crippen LogP contribution in [0.5, 0.6) is 0 Å². The van der Waals surface area contributed by atoms with Crippen LogP contribution in [0.25, 0.3) is 11.3 Å². The topological polar surface area (TPSA) is 54.7 Å². The van der Waals surface area contributed by atoms with Gasteiger partial charge in [-0.25, -0.2) is 4.39 Å².